The van der Waals surface area contributed by atoms with E-state index in [-0.39, 0.29) is 55.1 Å². The van der Waals surface area contributed by atoms with E-state index >= 15 is 0 Å². The quantitative estimate of drug-likeness (QED) is 0.0459. The number of rotatable bonds is 12. The molecule has 2 saturated heterocycles. The zero-order valence-corrected chi connectivity index (χ0v) is 35.6. The number of hydrogen-bond acceptors (Lipinski definition) is 11. The van der Waals surface area contributed by atoms with Crippen LogP contribution in [0.4, 0.5) is 0 Å². The Bertz CT molecular complexity index is 2460. The Hall–Kier alpha value is -4.86. The van der Waals surface area contributed by atoms with Gasteiger partial charge in [-0.3, -0.25) is 20.0 Å². The van der Waals surface area contributed by atoms with Crippen molar-refractivity contribution >= 4 is 54.1 Å². The van der Waals surface area contributed by atoms with Crippen molar-refractivity contribution in [1.29, 1.82) is 0 Å². The second-order valence-corrected chi connectivity index (χ2v) is 21.5. The lowest BCUT2D eigenvalue weighted by molar-refractivity contribution is -0.897. The topological polar surface area (TPSA) is 212 Å². The summed E-state index contributed by atoms with van der Waals surface area (Å²) in [6, 6.07) is 30.4. The molecule has 1 atom stereocenters. The standard InChI is InChI=1S/2C21H22N2O5S2/c1-2-14-23-15-12-21(13-16-23,20(24)22-25)30(27,28)19-10-8-18(9-11-19)29(26)17-6-4-3-5-7-17;1-2-14-23(26)15-12-21(13-16-23,20(24)22-25)30(27,28)19-10-8-18(9-11-19)29-17-6-4-3-5-7-17/h2*1,3-11,25H,12-16H2,(H,22,24)/p+1. The van der Waals surface area contributed by atoms with Crippen molar-refractivity contribution in [2.45, 2.75) is 64.6 Å². The minimum atomic E-state index is -4.17. The third kappa shape index (κ3) is 9.68. The lowest BCUT2D eigenvalue weighted by atomic mass is 9.94. The normalized spacial score (nSPS) is 23.3. The molecule has 0 bridgehead atoms. The predicted octanol–water partition coefficient (Wildman–Crippen LogP) is 2.78. The average Bonchev–Trinajstić information content (AvgIpc) is 3.27. The van der Waals surface area contributed by atoms with E-state index < -0.39 is 56.4 Å². The van der Waals surface area contributed by atoms with Crippen LogP contribution in [0.25, 0.3) is 0 Å². The zero-order chi connectivity index (χ0) is 43.6. The van der Waals surface area contributed by atoms with E-state index in [1.807, 2.05) is 36.4 Å². The van der Waals surface area contributed by atoms with Gasteiger partial charge in [-0.25, -0.2) is 32.0 Å². The Morgan fingerprint density at radius 3 is 1.60 bits per heavy atom. The molecule has 5 N–H and O–H groups in total. The largest absolute Gasteiger partial charge is 0.632 e. The van der Waals surface area contributed by atoms with Gasteiger partial charge in [0.05, 0.1) is 46.8 Å². The number of hydrogen-bond donors (Lipinski definition) is 5. The first-order valence-electron chi connectivity index (χ1n) is 18.7. The molecule has 4 aromatic carbocycles. The number of amides is 2. The minimum Gasteiger partial charge on any atom is -0.632 e. The van der Waals surface area contributed by atoms with Gasteiger partial charge in [0, 0.05) is 45.3 Å². The highest BCUT2D eigenvalue weighted by Crippen LogP contribution is 2.39. The Balaban J connectivity index is 0.000000228. The highest BCUT2D eigenvalue weighted by atomic mass is 32.2. The van der Waals surface area contributed by atoms with E-state index in [1.165, 1.54) is 59.1 Å². The van der Waals surface area contributed by atoms with Crippen LogP contribution in [0.15, 0.2) is 139 Å². The van der Waals surface area contributed by atoms with E-state index in [2.05, 4.69) is 11.8 Å². The van der Waals surface area contributed by atoms with Crippen LogP contribution in [0.3, 0.4) is 0 Å². The number of benzene rings is 4. The summed E-state index contributed by atoms with van der Waals surface area (Å²) >= 11 is 1.48. The summed E-state index contributed by atoms with van der Waals surface area (Å²) < 4.78 is 61.9. The van der Waals surface area contributed by atoms with Crippen LogP contribution in [-0.2, 0) is 40.1 Å². The van der Waals surface area contributed by atoms with Crippen LogP contribution >= 0.6 is 11.8 Å². The highest BCUT2D eigenvalue weighted by Gasteiger charge is 2.56. The highest BCUT2D eigenvalue weighted by molar-refractivity contribution is 7.99. The lowest BCUT2D eigenvalue weighted by Gasteiger charge is -2.48. The molecular weight excluding hydrogens is 849 g/mol. The van der Waals surface area contributed by atoms with Gasteiger partial charge in [-0.2, -0.15) is 0 Å². The SMILES string of the molecule is C#CC[N+]1([O-])CCC(C(=O)NO)(S(=O)(=O)c2ccc(Sc3ccccc3)cc2)CC1.C#CC[NH+]1CCC(C(=O)NO)(S(=O)(=O)c2ccc(S(=O)c3ccccc3)cc2)CC1. The molecule has 316 valence electrons. The van der Waals surface area contributed by atoms with Gasteiger partial charge < -0.3 is 14.8 Å². The fourth-order valence-electron chi connectivity index (χ4n) is 7.28. The summed E-state index contributed by atoms with van der Waals surface area (Å²) in [4.78, 5) is 28.8. The number of carbonyl (C=O) groups is 2. The Morgan fingerprint density at radius 1 is 0.700 bits per heavy atom. The maximum absolute atomic E-state index is 13.4. The third-order valence-electron chi connectivity index (χ3n) is 10.8. The predicted molar refractivity (Wildman–Crippen MR) is 224 cm³/mol. The number of terminal acetylenes is 2. The van der Waals surface area contributed by atoms with Gasteiger partial charge in [0.15, 0.2) is 29.2 Å². The van der Waals surface area contributed by atoms with Crippen molar-refractivity contribution in [2.75, 3.05) is 39.3 Å². The number of quaternary nitrogens is 2. The van der Waals surface area contributed by atoms with Crippen molar-refractivity contribution in [3.8, 4) is 24.7 Å². The second kappa shape index (κ2) is 19.7. The smallest absolute Gasteiger partial charge is 0.265 e. The Kier molecular flexibility index (Phi) is 15.2. The summed E-state index contributed by atoms with van der Waals surface area (Å²) in [5.74, 6) is 2.87. The monoisotopic (exact) mass is 893 g/mol. The number of likely N-dealkylation sites (tertiary alicyclic amines) is 2. The van der Waals surface area contributed by atoms with Crippen LogP contribution in [0.2, 0.25) is 0 Å². The van der Waals surface area contributed by atoms with Gasteiger partial charge in [-0.1, -0.05) is 48.2 Å². The fourth-order valence-corrected chi connectivity index (χ4v) is 13.1. The summed E-state index contributed by atoms with van der Waals surface area (Å²) in [5.41, 5.74) is 3.02. The number of carbonyl (C=O) groups excluding carboxylic acids is 2. The summed E-state index contributed by atoms with van der Waals surface area (Å²) in [6.45, 7) is 0.886. The van der Waals surface area contributed by atoms with Gasteiger partial charge in [0.25, 0.3) is 11.8 Å². The fraction of sp³-hybridized carbons (Fsp3) is 0.286. The number of nitrogens with zero attached hydrogens (tertiary/aromatic N) is 1. The van der Waals surface area contributed by atoms with E-state index in [9.17, 15) is 46.3 Å². The number of piperidine rings is 2. The van der Waals surface area contributed by atoms with Crippen LogP contribution in [-0.4, -0.2) is 96.7 Å². The van der Waals surface area contributed by atoms with E-state index in [0.29, 0.717) is 29.4 Å². The molecule has 0 aromatic heterocycles. The molecule has 0 aliphatic carbocycles. The van der Waals surface area contributed by atoms with Crippen LogP contribution in [0, 0.1) is 29.9 Å². The van der Waals surface area contributed by atoms with Gasteiger partial charge in [0.2, 0.25) is 0 Å². The average molecular weight is 894 g/mol. The first kappa shape index (κ1) is 46.2. The van der Waals surface area contributed by atoms with Crippen molar-refractivity contribution in [1.82, 2.24) is 11.0 Å². The van der Waals surface area contributed by atoms with Crippen LogP contribution < -0.4 is 15.9 Å². The molecule has 14 nitrogen and oxygen atoms in total. The molecule has 0 saturated carbocycles. The first-order chi connectivity index (χ1) is 28.6. The molecule has 0 radical (unpaired) electrons. The van der Waals surface area contributed by atoms with E-state index in [0.717, 1.165) is 14.7 Å². The molecular formula is C42H45N4O10S4+. The molecule has 2 aliphatic heterocycles. The second-order valence-electron chi connectivity index (χ2n) is 14.3. The van der Waals surface area contributed by atoms with Gasteiger partial charge in [0.1, 0.15) is 13.1 Å². The molecule has 2 amide bonds. The molecule has 2 fully saturated rings. The molecule has 60 heavy (non-hydrogen) atoms. The summed E-state index contributed by atoms with van der Waals surface area (Å²) in [5, 5.41) is 31.1. The van der Waals surface area contributed by atoms with Crippen molar-refractivity contribution < 1.29 is 50.6 Å². The van der Waals surface area contributed by atoms with Crippen molar-refractivity contribution in [2.24, 2.45) is 0 Å². The van der Waals surface area contributed by atoms with Crippen LogP contribution in [0.1, 0.15) is 25.7 Å². The molecule has 2 aliphatic rings. The number of sulfone groups is 2. The number of nitrogens with one attached hydrogen (secondary N) is 3. The first-order valence-corrected chi connectivity index (χ1v) is 23.6. The molecule has 6 rings (SSSR count). The lowest BCUT2D eigenvalue weighted by Crippen LogP contribution is -3.13. The van der Waals surface area contributed by atoms with Crippen LogP contribution in [0.5, 0.6) is 0 Å². The molecule has 0 spiro atoms. The van der Waals surface area contributed by atoms with E-state index in [4.69, 9.17) is 12.8 Å². The van der Waals surface area contributed by atoms with Gasteiger partial charge in [-0.15, -0.1) is 12.8 Å². The zero-order valence-electron chi connectivity index (χ0n) is 32.4. The van der Waals surface area contributed by atoms with E-state index in [1.54, 1.807) is 36.4 Å². The maximum Gasteiger partial charge on any atom is 0.265 e. The third-order valence-corrected chi connectivity index (χ3v) is 18.3. The maximum atomic E-state index is 13.4. The summed E-state index contributed by atoms with van der Waals surface area (Å²) in [6.07, 6.45) is 10.2. The molecule has 18 heteroatoms. The molecule has 4 aromatic rings. The van der Waals surface area contributed by atoms with Crippen molar-refractivity contribution in [3.63, 3.8) is 0 Å². The number of hydroxylamine groups is 5. The van der Waals surface area contributed by atoms with Gasteiger partial charge in [-0.05, 0) is 84.6 Å². The molecule has 1 unspecified atom stereocenters. The Labute approximate surface area is 356 Å². The van der Waals surface area contributed by atoms with Crippen molar-refractivity contribution in [3.05, 3.63) is 114 Å². The Morgan fingerprint density at radius 2 is 1.13 bits per heavy atom. The van der Waals surface area contributed by atoms with Gasteiger partial charge >= 0.3 is 0 Å². The minimum absolute atomic E-state index is 0.0358. The molecule has 2 heterocycles. The summed E-state index contributed by atoms with van der Waals surface area (Å²) in [7, 11) is -9.74.